The van der Waals surface area contributed by atoms with Gasteiger partial charge in [0.2, 0.25) is 0 Å². The quantitative estimate of drug-likeness (QED) is 0.714. The van der Waals surface area contributed by atoms with Crippen LogP contribution < -0.4 is 0 Å². The molecule has 1 aliphatic heterocycles. The highest BCUT2D eigenvalue weighted by atomic mass is 35.5. The first-order valence-electron chi connectivity index (χ1n) is 7.68. The first kappa shape index (κ1) is 17.8. The minimum atomic E-state index is -1.56. The first-order chi connectivity index (χ1) is 12.0. The van der Waals surface area contributed by atoms with Crippen molar-refractivity contribution in [1.29, 1.82) is 0 Å². The molecule has 1 fully saturated rings. The number of carbonyl (C=O) groups excluding carboxylic acids is 1. The molecule has 2 aromatic carbocycles. The van der Waals surface area contributed by atoms with E-state index in [0.29, 0.717) is 16.1 Å². The Kier molecular flexibility index (Phi) is 5.36. The molecule has 0 radical (unpaired) electrons. The average molecular weight is 365 g/mol. The number of carbonyl (C=O) groups is 1. The lowest BCUT2D eigenvalue weighted by molar-refractivity contribution is -0.148. The van der Waals surface area contributed by atoms with Gasteiger partial charge < -0.3 is 24.8 Å². The maximum Gasteiger partial charge on any atom is 0.338 e. The highest BCUT2D eigenvalue weighted by molar-refractivity contribution is 6.30. The Labute approximate surface area is 149 Å². The lowest BCUT2D eigenvalue weighted by Gasteiger charge is -2.26. The van der Waals surface area contributed by atoms with Gasteiger partial charge in [0.25, 0.3) is 0 Å². The number of aliphatic hydroxyl groups is 3. The van der Waals surface area contributed by atoms with Crippen LogP contribution in [0, 0.1) is 0 Å². The first-order valence-corrected chi connectivity index (χ1v) is 8.06. The third-order valence-corrected chi connectivity index (χ3v) is 4.27. The molecule has 132 valence electrons. The van der Waals surface area contributed by atoms with E-state index in [0.717, 1.165) is 0 Å². The zero-order valence-corrected chi connectivity index (χ0v) is 13.8. The summed E-state index contributed by atoms with van der Waals surface area (Å²) in [6, 6.07) is 14.8. The van der Waals surface area contributed by atoms with Crippen molar-refractivity contribution in [1.82, 2.24) is 0 Å². The third kappa shape index (κ3) is 3.84. The normalized spacial score (nSPS) is 27.0. The summed E-state index contributed by atoms with van der Waals surface area (Å²) >= 11 is 5.88. The van der Waals surface area contributed by atoms with Crippen molar-refractivity contribution in [2.24, 2.45) is 0 Å². The Morgan fingerprint density at radius 2 is 1.64 bits per heavy atom. The van der Waals surface area contributed by atoms with Gasteiger partial charge in [-0.15, -0.1) is 0 Å². The van der Waals surface area contributed by atoms with E-state index in [4.69, 9.17) is 21.1 Å². The highest BCUT2D eigenvalue weighted by Crippen LogP contribution is 2.34. The van der Waals surface area contributed by atoms with E-state index in [1.54, 1.807) is 54.6 Å². The van der Waals surface area contributed by atoms with Crippen molar-refractivity contribution in [3.8, 4) is 0 Å². The van der Waals surface area contributed by atoms with Crippen molar-refractivity contribution in [2.75, 3.05) is 0 Å². The van der Waals surface area contributed by atoms with E-state index >= 15 is 0 Å². The van der Waals surface area contributed by atoms with Crippen LogP contribution in [0.3, 0.4) is 0 Å². The number of hydrogen-bond donors (Lipinski definition) is 3. The van der Waals surface area contributed by atoms with E-state index in [-0.39, 0.29) is 0 Å². The molecule has 25 heavy (non-hydrogen) atoms. The van der Waals surface area contributed by atoms with Crippen molar-refractivity contribution in [3.05, 3.63) is 70.7 Å². The smallest absolute Gasteiger partial charge is 0.338 e. The summed E-state index contributed by atoms with van der Waals surface area (Å²) in [7, 11) is 0. The molecule has 5 atom stereocenters. The molecule has 0 amide bonds. The van der Waals surface area contributed by atoms with Gasteiger partial charge in [-0.25, -0.2) is 4.79 Å². The van der Waals surface area contributed by atoms with Gasteiger partial charge in [0.15, 0.2) is 12.4 Å². The molecule has 7 heteroatoms. The fourth-order valence-electron chi connectivity index (χ4n) is 2.67. The second-order valence-corrected chi connectivity index (χ2v) is 6.15. The Bertz CT molecular complexity index is 720. The average Bonchev–Trinajstić information content (AvgIpc) is 2.88. The Hall–Kier alpha value is -1.96. The third-order valence-electron chi connectivity index (χ3n) is 4.02. The minimum absolute atomic E-state index is 0.329. The molecule has 3 N–H and O–H groups in total. The van der Waals surface area contributed by atoms with E-state index in [1.807, 2.05) is 0 Å². The molecule has 3 rings (SSSR count). The Morgan fingerprint density at radius 1 is 1.00 bits per heavy atom. The predicted octanol–water partition coefficient (Wildman–Crippen LogP) is 1.68. The zero-order chi connectivity index (χ0) is 18.0. The molecule has 1 heterocycles. The van der Waals surface area contributed by atoms with Crippen LogP contribution in [-0.4, -0.2) is 45.9 Å². The number of esters is 1. The van der Waals surface area contributed by atoms with E-state index in [2.05, 4.69) is 0 Å². The number of halogens is 1. The largest absolute Gasteiger partial charge is 0.451 e. The molecular formula is C18H17ClO6. The second kappa shape index (κ2) is 7.51. The summed E-state index contributed by atoms with van der Waals surface area (Å²) in [6.45, 7) is 0. The number of ether oxygens (including phenoxy) is 2. The Morgan fingerprint density at radius 3 is 2.20 bits per heavy atom. The van der Waals surface area contributed by atoms with Crippen molar-refractivity contribution in [3.63, 3.8) is 0 Å². The predicted molar refractivity (Wildman–Crippen MR) is 88.9 cm³/mol. The topological polar surface area (TPSA) is 96.2 Å². The molecular weight excluding hydrogens is 348 g/mol. The molecule has 0 bridgehead atoms. The summed E-state index contributed by atoms with van der Waals surface area (Å²) in [5.74, 6) is -0.618. The molecule has 6 nitrogen and oxygen atoms in total. The maximum absolute atomic E-state index is 12.4. The van der Waals surface area contributed by atoms with Crippen LogP contribution in [-0.2, 0) is 9.47 Å². The van der Waals surface area contributed by atoms with Crippen LogP contribution in [0.25, 0.3) is 0 Å². The minimum Gasteiger partial charge on any atom is -0.451 e. The monoisotopic (exact) mass is 364 g/mol. The van der Waals surface area contributed by atoms with Crippen LogP contribution >= 0.6 is 11.6 Å². The summed E-state index contributed by atoms with van der Waals surface area (Å²) in [6.07, 6.45) is -6.63. The lowest BCUT2D eigenvalue weighted by atomic mass is 9.99. The highest BCUT2D eigenvalue weighted by Gasteiger charge is 2.47. The standard InChI is InChI=1S/C18H17ClO6/c19-12-8-6-10(7-9-12)15(16-13(20)14(21)18(23)25-16)24-17(22)11-4-2-1-3-5-11/h1-9,13-16,18,20-21,23H/t13-,14+,15+,16-,18?/m0/s1. The second-order valence-electron chi connectivity index (χ2n) is 5.72. The molecule has 0 spiro atoms. The molecule has 0 aromatic heterocycles. The maximum atomic E-state index is 12.4. The van der Waals surface area contributed by atoms with Crippen molar-refractivity contribution < 1.29 is 29.6 Å². The number of aliphatic hydroxyl groups excluding tert-OH is 3. The van der Waals surface area contributed by atoms with Gasteiger partial charge in [-0.2, -0.15) is 0 Å². The lowest BCUT2D eigenvalue weighted by Crippen LogP contribution is -2.36. The van der Waals surface area contributed by atoms with Crippen molar-refractivity contribution in [2.45, 2.75) is 30.7 Å². The van der Waals surface area contributed by atoms with Crippen LogP contribution in [0.4, 0.5) is 0 Å². The Balaban J connectivity index is 1.89. The van der Waals surface area contributed by atoms with Gasteiger partial charge in [0.1, 0.15) is 18.3 Å². The van der Waals surface area contributed by atoms with Crippen LogP contribution in [0.15, 0.2) is 54.6 Å². The summed E-state index contributed by atoms with van der Waals surface area (Å²) < 4.78 is 10.7. The van der Waals surface area contributed by atoms with Crippen LogP contribution in [0.1, 0.15) is 22.0 Å². The van der Waals surface area contributed by atoms with Gasteiger partial charge in [0, 0.05) is 5.02 Å². The van der Waals surface area contributed by atoms with Crippen LogP contribution in [0.2, 0.25) is 5.02 Å². The molecule has 0 aliphatic carbocycles. The van der Waals surface area contributed by atoms with Gasteiger partial charge in [0.05, 0.1) is 5.56 Å². The molecule has 1 saturated heterocycles. The molecule has 1 unspecified atom stereocenters. The fourth-order valence-corrected chi connectivity index (χ4v) is 2.80. The molecule has 0 saturated carbocycles. The number of hydrogen-bond acceptors (Lipinski definition) is 6. The van der Waals surface area contributed by atoms with E-state index in [9.17, 15) is 20.1 Å². The van der Waals surface area contributed by atoms with Gasteiger partial charge in [-0.3, -0.25) is 0 Å². The summed E-state index contributed by atoms with van der Waals surface area (Å²) in [5.41, 5.74) is 0.842. The van der Waals surface area contributed by atoms with Gasteiger partial charge >= 0.3 is 5.97 Å². The van der Waals surface area contributed by atoms with Crippen LogP contribution in [0.5, 0.6) is 0 Å². The van der Waals surface area contributed by atoms with Crippen molar-refractivity contribution >= 4 is 17.6 Å². The van der Waals surface area contributed by atoms with Gasteiger partial charge in [-0.05, 0) is 29.8 Å². The number of benzene rings is 2. The van der Waals surface area contributed by atoms with Gasteiger partial charge in [-0.1, -0.05) is 41.9 Å². The summed E-state index contributed by atoms with van der Waals surface area (Å²) in [5, 5.41) is 30.0. The van der Waals surface area contributed by atoms with E-state index in [1.165, 1.54) is 0 Å². The SMILES string of the molecule is O=C(O[C@H](c1ccc(Cl)cc1)[C@H]1OC(O)[C@H](O)[C@@H]1O)c1ccccc1. The number of rotatable bonds is 4. The zero-order valence-electron chi connectivity index (χ0n) is 13.0. The molecule has 1 aliphatic rings. The molecule has 2 aromatic rings. The summed E-state index contributed by atoms with van der Waals surface area (Å²) in [4.78, 5) is 12.4. The fraction of sp³-hybridized carbons (Fsp3) is 0.278. The van der Waals surface area contributed by atoms with E-state index < -0.39 is 36.7 Å².